The molecule has 1 aliphatic heterocycles. The van der Waals surface area contributed by atoms with Gasteiger partial charge in [-0.1, -0.05) is 44.4 Å². The molecule has 1 atom stereocenters. The molecule has 0 radical (unpaired) electrons. The number of carbonyl (C=O) groups is 2. The molecule has 1 aromatic rings. The van der Waals surface area contributed by atoms with Gasteiger partial charge in [-0.15, -0.1) is 0 Å². The number of amides is 2. The van der Waals surface area contributed by atoms with E-state index in [1.165, 1.54) is 12.8 Å². The average Bonchev–Trinajstić information content (AvgIpc) is 3.14. The minimum atomic E-state index is -0.342. The van der Waals surface area contributed by atoms with Crippen LogP contribution < -0.4 is 5.32 Å². The number of hydrogen-bond donors (Lipinski definition) is 1. The van der Waals surface area contributed by atoms with Crippen molar-refractivity contribution in [2.75, 3.05) is 0 Å². The quantitative estimate of drug-likeness (QED) is 0.909. The standard InChI is InChI=1S/C18H24N2O2/c1-2-7-16(17(21)19-14-9-4-5-10-14)20-12-13-8-3-6-11-15(13)18(20)22/h3,6,8,11,14,16H,2,4-5,7,9-10,12H2,1H3,(H,19,21). The molecule has 0 bridgehead atoms. The molecule has 0 saturated heterocycles. The molecule has 22 heavy (non-hydrogen) atoms. The molecular formula is C18H24N2O2. The zero-order valence-corrected chi connectivity index (χ0v) is 13.2. The van der Waals surface area contributed by atoms with E-state index in [1.807, 2.05) is 24.3 Å². The molecule has 1 aliphatic carbocycles. The van der Waals surface area contributed by atoms with E-state index in [0.717, 1.165) is 36.8 Å². The van der Waals surface area contributed by atoms with Gasteiger partial charge in [0.25, 0.3) is 5.91 Å². The van der Waals surface area contributed by atoms with Crippen LogP contribution in [0.4, 0.5) is 0 Å². The average molecular weight is 300 g/mol. The predicted molar refractivity (Wildman–Crippen MR) is 85.4 cm³/mol. The highest BCUT2D eigenvalue weighted by atomic mass is 16.2. The molecule has 118 valence electrons. The lowest BCUT2D eigenvalue weighted by molar-refractivity contribution is -0.126. The molecule has 1 fully saturated rings. The van der Waals surface area contributed by atoms with Gasteiger partial charge in [0, 0.05) is 18.2 Å². The number of fused-ring (bicyclic) bond motifs is 1. The molecule has 1 heterocycles. The van der Waals surface area contributed by atoms with Gasteiger partial charge in [0.1, 0.15) is 6.04 Å². The van der Waals surface area contributed by atoms with Crippen LogP contribution >= 0.6 is 0 Å². The first kappa shape index (κ1) is 15.1. The Labute approximate surface area is 131 Å². The molecular weight excluding hydrogens is 276 g/mol. The lowest BCUT2D eigenvalue weighted by atomic mass is 10.1. The van der Waals surface area contributed by atoms with E-state index >= 15 is 0 Å². The van der Waals surface area contributed by atoms with E-state index in [1.54, 1.807) is 4.90 Å². The number of nitrogens with zero attached hydrogens (tertiary/aromatic N) is 1. The Hall–Kier alpha value is -1.84. The Bertz CT molecular complexity index is 564. The Kier molecular flexibility index (Phi) is 4.46. The van der Waals surface area contributed by atoms with E-state index in [2.05, 4.69) is 12.2 Å². The van der Waals surface area contributed by atoms with Crippen LogP contribution in [0, 0.1) is 0 Å². The molecule has 4 heteroatoms. The normalized spacial score (nSPS) is 19.3. The van der Waals surface area contributed by atoms with Crippen LogP contribution in [0.2, 0.25) is 0 Å². The van der Waals surface area contributed by atoms with Crippen molar-refractivity contribution >= 4 is 11.8 Å². The first-order chi connectivity index (χ1) is 10.7. The summed E-state index contributed by atoms with van der Waals surface area (Å²) in [5, 5.41) is 3.16. The Morgan fingerprint density at radius 2 is 2.05 bits per heavy atom. The summed E-state index contributed by atoms with van der Waals surface area (Å²) in [6.45, 7) is 2.61. The summed E-state index contributed by atoms with van der Waals surface area (Å²) in [6.07, 6.45) is 6.13. The maximum atomic E-state index is 12.7. The number of benzene rings is 1. The Morgan fingerprint density at radius 1 is 1.32 bits per heavy atom. The second-order valence-electron chi connectivity index (χ2n) is 6.38. The number of carbonyl (C=O) groups excluding carboxylic acids is 2. The molecule has 2 aliphatic rings. The van der Waals surface area contributed by atoms with Crippen LogP contribution in [0.1, 0.15) is 61.4 Å². The molecule has 1 aromatic carbocycles. The summed E-state index contributed by atoms with van der Waals surface area (Å²) in [5.41, 5.74) is 1.78. The van der Waals surface area contributed by atoms with E-state index < -0.39 is 0 Å². The minimum absolute atomic E-state index is 0.00405. The maximum Gasteiger partial charge on any atom is 0.255 e. The summed E-state index contributed by atoms with van der Waals surface area (Å²) in [6, 6.07) is 7.62. The molecule has 0 aromatic heterocycles. The largest absolute Gasteiger partial charge is 0.352 e. The van der Waals surface area contributed by atoms with Crippen LogP contribution in [0.5, 0.6) is 0 Å². The van der Waals surface area contributed by atoms with Gasteiger partial charge < -0.3 is 10.2 Å². The van der Waals surface area contributed by atoms with Gasteiger partial charge in [-0.25, -0.2) is 0 Å². The topological polar surface area (TPSA) is 49.4 Å². The predicted octanol–water partition coefficient (Wildman–Crippen LogP) is 2.87. The van der Waals surface area contributed by atoms with E-state index in [4.69, 9.17) is 0 Å². The van der Waals surface area contributed by atoms with Crippen molar-refractivity contribution in [2.24, 2.45) is 0 Å². The summed E-state index contributed by atoms with van der Waals surface area (Å²) in [7, 11) is 0. The summed E-state index contributed by atoms with van der Waals surface area (Å²) < 4.78 is 0. The highest BCUT2D eigenvalue weighted by Crippen LogP contribution is 2.26. The van der Waals surface area contributed by atoms with Crippen LogP contribution in [0.25, 0.3) is 0 Å². The summed E-state index contributed by atoms with van der Waals surface area (Å²) >= 11 is 0. The van der Waals surface area contributed by atoms with E-state index in [0.29, 0.717) is 12.6 Å². The van der Waals surface area contributed by atoms with Crippen molar-refractivity contribution in [2.45, 2.75) is 64.1 Å². The van der Waals surface area contributed by atoms with Crippen LogP contribution in [0.15, 0.2) is 24.3 Å². The monoisotopic (exact) mass is 300 g/mol. The van der Waals surface area contributed by atoms with Gasteiger partial charge in [-0.05, 0) is 30.9 Å². The number of nitrogens with one attached hydrogen (secondary N) is 1. The van der Waals surface area contributed by atoms with Gasteiger partial charge in [0.05, 0.1) is 0 Å². The fraction of sp³-hybridized carbons (Fsp3) is 0.556. The van der Waals surface area contributed by atoms with Crippen molar-refractivity contribution in [3.63, 3.8) is 0 Å². The molecule has 1 saturated carbocycles. The molecule has 1 N–H and O–H groups in total. The fourth-order valence-corrected chi connectivity index (χ4v) is 3.60. The summed E-state index contributed by atoms with van der Waals surface area (Å²) in [5.74, 6) is 0.0190. The Balaban J connectivity index is 1.74. The van der Waals surface area contributed by atoms with Crippen molar-refractivity contribution in [1.82, 2.24) is 10.2 Å². The number of hydrogen-bond acceptors (Lipinski definition) is 2. The maximum absolute atomic E-state index is 12.7. The first-order valence-electron chi connectivity index (χ1n) is 8.40. The third-order valence-electron chi connectivity index (χ3n) is 4.79. The third kappa shape index (κ3) is 2.87. The van der Waals surface area contributed by atoms with Gasteiger partial charge in [-0.2, -0.15) is 0 Å². The molecule has 0 spiro atoms. The van der Waals surface area contributed by atoms with Gasteiger partial charge >= 0.3 is 0 Å². The zero-order chi connectivity index (χ0) is 15.5. The van der Waals surface area contributed by atoms with E-state index in [9.17, 15) is 9.59 Å². The highest BCUT2D eigenvalue weighted by molar-refractivity contribution is 6.01. The van der Waals surface area contributed by atoms with Crippen molar-refractivity contribution < 1.29 is 9.59 Å². The second-order valence-corrected chi connectivity index (χ2v) is 6.38. The lowest BCUT2D eigenvalue weighted by Gasteiger charge is -2.28. The number of rotatable bonds is 5. The van der Waals surface area contributed by atoms with Crippen molar-refractivity contribution in [1.29, 1.82) is 0 Å². The van der Waals surface area contributed by atoms with Crippen LogP contribution in [-0.4, -0.2) is 28.8 Å². The smallest absolute Gasteiger partial charge is 0.255 e. The SMILES string of the molecule is CCCC(C(=O)NC1CCCC1)N1Cc2ccccc2C1=O. The fourth-order valence-electron chi connectivity index (χ4n) is 3.60. The minimum Gasteiger partial charge on any atom is -0.352 e. The molecule has 3 rings (SSSR count). The van der Waals surface area contributed by atoms with E-state index in [-0.39, 0.29) is 17.9 Å². The molecule has 4 nitrogen and oxygen atoms in total. The van der Waals surface area contributed by atoms with Crippen molar-refractivity contribution in [3.05, 3.63) is 35.4 Å². The lowest BCUT2D eigenvalue weighted by Crippen LogP contribution is -2.49. The van der Waals surface area contributed by atoms with Gasteiger partial charge in [0.2, 0.25) is 5.91 Å². The zero-order valence-electron chi connectivity index (χ0n) is 13.2. The first-order valence-corrected chi connectivity index (χ1v) is 8.40. The van der Waals surface area contributed by atoms with Crippen LogP contribution in [-0.2, 0) is 11.3 Å². The van der Waals surface area contributed by atoms with Crippen LogP contribution in [0.3, 0.4) is 0 Å². The van der Waals surface area contributed by atoms with Gasteiger partial charge in [0.15, 0.2) is 0 Å². The Morgan fingerprint density at radius 3 is 2.73 bits per heavy atom. The summed E-state index contributed by atoms with van der Waals surface area (Å²) in [4.78, 5) is 27.0. The highest BCUT2D eigenvalue weighted by Gasteiger charge is 2.36. The second kappa shape index (κ2) is 6.51. The van der Waals surface area contributed by atoms with Crippen molar-refractivity contribution in [3.8, 4) is 0 Å². The molecule has 1 unspecified atom stereocenters. The molecule has 2 amide bonds. The third-order valence-corrected chi connectivity index (χ3v) is 4.79. The van der Waals surface area contributed by atoms with Gasteiger partial charge in [-0.3, -0.25) is 9.59 Å².